The van der Waals surface area contributed by atoms with Crippen LogP contribution in [0.25, 0.3) is 0 Å². The molecule has 0 radical (unpaired) electrons. The van der Waals surface area contributed by atoms with Crippen LogP contribution < -0.4 is 5.32 Å². The molecule has 108 valence electrons. The Morgan fingerprint density at radius 1 is 1.45 bits per heavy atom. The van der Waals surface area contributed by atoms with Gasteiger partial charge in [-0.05, 0) is 29.5 Å². The van der Waals surface area contributed by atoms with Gasteiger partial charge in [0.25, 0.3) is 0 Å². The van der Waals surface area contributed by atoms with Crippen molar-refractivity contribution in [3.63, 3.8) is 0 Å². The van der Waals surface area contributed by atoms with Crippen molar-refractivity contribution < 1.29 is 4.74 Å². The summed E-state index contributed by atoms with van der Waals surface area (Å²) >= 11 is 7.85. The van der Waals surface area contributed by atoms with Crippen LogP contribution in [0, 0.1) is 0 Å². The zero-order chi connectivity index (χ0) is 14.4. The Bertz CT molecular complexity index is 561. The molecule has 0 unspecified atom stereocenters. The summed E-state index contributed by atoms with van der Waals surface area (Å²) < 4.78 is 6.90. The number of nitrogens with zero attached hydrogens (tertiary/aromatic N) is 3. The highest BCUT2D eigenvalue weighted by atomic mass is 35.5. The number of ether oxygens (including phenoxy) is 1. The molecular weight excluding hydrogens is 296 g/mol. The van der Waals surface area contributed by atoms with Gasteiger partial charge >= 0.3 is 0 Å². The van der Waals surface area contributed by atoms with Crippen LogP contribution in [0.5, 0.6) is 0 Å². The Hall–Kier alpha value is -1.08. The number of benzene rings is 1. The molecular formula is C13H17ClN4OS. The minimum Gasteiger partial charge on any atom is -0.383 e. The SMILES string of the molecule is COCCNCc1c(Cl)cccc1Sc1nncn1C. The predicted octanol–water partition coefficient (Wildman–Crippen LogP) is 2.36. The van der Waals surface area contributed by atoms with Gasteiger partial charge in [-0.15, -0.1) is 10.2 Å². The first-order valence-corrected chi connectivity index (χ1v) is 7.40. The Labute approximate surface area is 127 Å². The van der Waals surface area contributed by atoms with Crippen LogP contribution in [0.15, 0.2) is 34.6 Å². The molecule has 0 saturated carbocycles. The fraction of sp³-hybridized carbons (Fsp3) is 0.385. The summed E-state index contributed by atoms with van der Waals surface area (Å²) in [5.41, 5.74) is 1.07. The molecule has 0 bridgehead atoms. The van der Waals surface area contributed by atoms with Crippen molar-refractivity contribution >= 4 is 23.4 Å². The lowest BCUT2D eigenvalue weighted by Crippen LogP contribution is -2.19. The van der Waals surface area contributed by atoms with Crippen molar-refractivity contribution in [2.75, 3.05) is 20.3 Å². The first-order valence-electron chi connectivity index (χ1n) is 6.21. The van der Waals surface area contributed by atoms with Gasteiger partial charge in [0.2, 0.25) is 0 Å². The number of hydrogen-bond acceptors (Lipinski definition) is 5. The normalized spacial score (nSPS) is 10.9. The number of hydrogen-bond donors (Lipinski definition) is 1. The summed E-state index contributed by atoms with van der Waals surface area (Å²) in [7, 11) is 3.61. The van der Waals surface area contributed by atoms with Crippen molar-refractivity contribution in [1.29, 1.82) is 0 Å². The second kappa shape index (κ2) is 7.64. The molecule has 0 atom stereocenters. The fourth-order valence-electron chi connectivity index (χ4n) is 1.66. The van der Waals surface area contributed by atoms with Gasteiger partial charge in [0.1, 0.15) is 6.33 Å². The molecule has 0 fully saturated rings. The predicted molar refractivity (Wildman–Crippen MR) is 80.2 cm³/mol. The monoisotopic (exact) mass is 312 g/mol. The van der Waals surface area contributed by atoms with Crippen LogP contribution in [0.4, 0.5) is 0 Å². The lowest BCUT2D eigenvalue weighted by Gasteiger charge is -2.11. The molecule has 1 aromatic heterocycles. The zero-order valence-electron chi connectivity index (χ0n) is 11.5. The summed E-state index contributed by atoms with van der Waals surface area (Å²) in [5.74, 6) is 0. The molecule has 0 aliphatic carbocycles. The van der Waals surface area contributed by atoms with Crippen LogP contribution >= 0.6 is 23.4 Å². The van der Waals surface area contributed by atoms with Gasteiger partial charge in [-0.1, -0.05) is 17.7 Å². The zero-order valence-corrected chi connectivity index (χ0v) is 13.0. The quantitative estimate of drug-likeness (QED) is 0.795. The van der Waals surface area contributed by atoms with E-state index in [2.05, 4.69) is 15.5 Å². The molecule has 0 spiro atoms. The number of rotatable bonds is 7. The molecule has 2 aromatic rings. The number of nitrogens with one attached hydrogen (secondary N) is 1. The standard InChI is InChI=1S/C13H17ClN4OS/c1-18-9-16-17-13(18)20-12-5-3-4-11(14)10(12)8-15-6-7-19-2/h3-5,9,15H,6-8H2,1-2H3. The third kappa shape index (κ3) is 3.96. The average molecular weight is 313 g/mol. The van der Waals surface area contributed by atoms with Gasteiger partial charge in [-0.2, -0.15) is 0 Å². The van der Waals surface area contributed by atoms with Crippen molar-refractivity contribution in [2.24, 2.45) is 7.05 Å². The highest BCUT2D eigenvalue weighted by Gasteiger charge is 2.11. The summed E-state index contributed by atoms with van der Waals surface area (Å²) in [4.78, 5) is 1.08. The largest absolute Gasteiger partial charge is 0.383 e. The van der Waals surface area contributed by atoms with Crippen LogP contribution in [-0.2, 0) is 18.3 Å². The Morgan fingerprint density at radius 2 is 2.30 bits per heavy atom. The minimum atomic E-state index is 0.677. The lowest BCUT2D eigenvalue weighted by atomic mass is 10.2. The Balaban J connectivity index is 2.11. The number of aromatic nitrogens is 3. The number of aryl methyl sites for hydroxylation is 1. The third-order valence-electron chi connectivity index (χ3n) is 2.73. The van der Waals surface area contributed by atoms with E-state index in [9.17, 15) is 0 Å². The fourth-order valence-corrected chi connectivity index (χ4v) is 2.88. The molecule has 7 heteroatoms. The summed E-state index contributed by atoms with van der Waals surface area (Å²) in [5, 5.41) is 12.9. The van der Waals surface area contributed by atoms with E-state index in [1.54, 1.807) is 25.2 Å². The number of methoxy groups -OCH3 is 1. The van der Waals surface area contributed by atoms with E-state index >= 15 is 0 Å². The second-order valence-electron chi connectivity index (χ2n) is 4.21. The van der Waals surface area contributed by atoms with E-state index in [1.165, 1.54) is 0 Å². The first-order chi connectivity index (χ1) is 9.72. The average Bonchev–Trinajstić information content (AvgIpc) is 2.83. The van der Waals surface area contributed by atoms with Crippen molar-refractivity contribution in [3.05, 3.63) is 35.1 Å². The van der Waals surface area contributed by atoms with Gasteiger partial charge in [0.15, 0.2) is 5.16 Å². The topological polar surface area (TPSA) is 52.0 Å². The third-order valence-corrected chi connectivity index (χ3v) is 4.24. The highest BCUT2D eigenvalue weighted by Crippen LogP contribution is 2.32. The molecule has 0 saturated heterocycles. The van der Waals surface area contributed by atoms with Crippen molar-refractivity contribution in [1.82, 2.24) is 20.1 Å². The highest BCUT2D eigenvalue weighted by molar-refractivity contribution is 7.99. The maximum absolute atomic E-state index is 6.29. The Kier molecular flexibility index (Phi) is 5.85. The van der Waals surface area contributed by atoms with Gasteiger partial charge in [0, 0.05) is 37.2 Å². The molecule has 0 aliphatic heterocycles. The van der Waals surface area contributed by atoms with E-state index in [0.717, 1.165) is 27.2 Å². The maximum Gasteiger partial charge on any atom is 0.195 e. The van der Waals surface area contributed by atoms with Gasteiger partial charge in [-0.3, -0.25) is 0 Å². The van der Waals surface area contributed by atoms with Crippen molar-refractivity contribution in [3.8, 4) is 0 Å². The molecule has 1 aromatic carbocycles. The van der Waals surface area contributed by atoms with E-state index in [1.807, 2.05) is 29.8 Å². The molecule has 0 aliphatic rings. The summed E-state index contributed by atoms with van der Waals surface area (Å²) in [6.07, 6.45) is 1.68. The lowest BCUT2D eigenvalue weighted by molar-refractivity contribution is 0.199. The number of halogens is 1. The van der Waals surface area contributed by atoms with E-state index in [4.69, 9.17) is 16.3 Å². The summed E-state index contributed by atoms with van der Waals surface area (Å²) in [6.45, 7) is 2.16. The maximum atomic E-state index is 6.29. The molecule has 5 nitrogen and oxygen atoms in total. The van der Waals surface area contributed by atoms with Gasteiger partial charge in [-0.25, -0.2) is 0 Å². The minimum absolute atomic E-state index is 0.677. The molecule has 1 heterocycles. The molecule has 0 amide bonds. The van der Waals surface area contributed by atoms with E-state index in [0.29, 0.717) is 13.2 Å². The second-order valence-corrected chi connectivity index (χ2v) is 5.63. The van der Waals surface area contributed by atoms with Crippen LogP contribution in [0.2, 0.25) is 5.02 Å². The summed E-state index contributed by atoms with van der Waals surface area (Å²) in [6, 6.07) is 5.88. The van der Waals surface area contributed by atoms with Crippen LogP contribution in [0.3, 0.4) is 0 Å². The molecule has 1 N–H and O–H groups in total. The molecule has 20 heavy (non-hydrogen) atoms. The van der Waals surface area contributed by atoms with E-state index in [-0.39, 0.29) is 0 Å². The van der Waals surface area contributed by atoms with E-state index < -0.39 is 0 Å². The van der Waals surface area contributed by atoms with Crippen molar-refractivity contribution in [2.45, 2.75) is 16.6 Å². The van der Waals surface area contributed by atoms with Crippen LogP contribution in [0.1, 0.15) is 5.56 Å². The van der Waals surface area contributed by atoms with Gasteiger partial charge in [0.05, 0.1) is 6.61 Å². The molecule has 2 rings (SSSR count). The van der Waals surface area contributed by atoms with Crippen LogP contribution in [-0.4, -0.2) is 35.0 Å². The Morgan fingerprint density at radius 3 is 3.00 bits per heavy atom. The van der Waals surface area contributed by atoms with Gasteiger partial charge < -0.3 is 14.6 Å². The first kappa shape index (κ1) is 15.3. The smallest absolute Gasteiger partial charge is 0.195 e.